The van der Waals surface area contributed by atoms with E-state index in [2.05, 4.69) is 29.6 Å². The van der Waals surface area contributed by atoms with Crippen molar-refractivity contribution in [3.8, 4) is 0 Å². The van der Waals surface area contributed by atoms with Gasteiger partial charge in [0.05, 0.1) is 0 Å². The molecule has 0 aliphatic rings. The van der Waals surface area contributed by atoms with Crippen LogP contribution in [0.5, 0.6) is 0 Å². The first-order valence-corrected chi connectivity index (χ1v) is 9.92. The van der Waals surface area contributed by atoms with E-state index in [0.29, 0.717) is 18.5 Å². The molecule has 3 N–H and O–H groups in total. The van der Waals surface area contributed by atoms with Crippen molar-refractivity contribution in [3.63, 3.8) is 0 Å². The zero-order chi connectivity index (χ0) is 21.1. The molecule has 0 fully saturated rings. The standard InChI is InChI=1S/C24H30N2O3/c1-24(2,17-16-20-12-7-4-8-13-20)29-23(28)26-21(18-22(25)27)15-9-14-19-10-5-3-6-11-19/h3-8,10-13,18H,9,14-17H2,1-2H3,(H2,25,27)(H,26,28)/b21-18+. The lowest BCUT2D eigenvalue weighted by Gasteiger charge is -2.25. The van der Waals surface area contributed by atoms with E-state index in [4.69, 9.17) is 10.5 Å². The quantitative estimate of drug-likeness (QED) is 0.582. The Balaban J connectivity index is 1.85. The first-order chi connectivity index (χ1) is 13.8. The minimum absolute atomic E-state index is 0.470. The normalized spacial score (nSPS) is 11.7. The van der Waals surface area contributed by atoms with E-state index in [9.17, 15) is 9.59 Å². The van der Waals surface area contributed by atoms with Gasteiger partial charge in [-0.05, 0) is 57.1 Å². The molecule has 2 rings (SSSR count). The van der Waals surface area contributed by atoms with E-state index < -0.39 is 17.6 Å². The Hall–Kier alpha value is -3.08. The topological polar surface area (TPSA) is 81.4 Å². The summed E-state index contributed by atoms with van der Waals surface area (Å²) in [6, 6.07) is 20.1. The van der Waals surface area contributed by atoms with Crippen LogP contribution in [0.4, 0.5) is 4.79 Å². The Bertz CT molecular complexity index is 815. The van der Waals surface area contributed by atoms with Crippen LogP contribution in [0.2, 0.25) is 0 Å². The third-order valence-corrected chi connectivity index (χ3v) is 4.56. The van der Waals surface area contributed by atoms with Crippen LogP contribution in [0, 0.1) is 0 Å². The molecule has 0 aliphatic heterocycles. The molecule has 2 aromatic rings. The Morgan fingerprint density at radius 2 is 1.52 bits per heavy atom. The highest BCUT2D eigenvalue weighted by atomic mass is 16.6. The zero-order valence-corrected chi connectivity index (χ0v) is 17.2. The molecule has 0 aliphatic carbocycles. The van der Waals surface area contributed by atoms with E-state index in [0.717, 1.165) is 19.3 Å². The van der Waals surface area contributed by atoms with Gasteiger partial charge in [-0.1, -0.05) is 60.7 Å². The van der Waals surface area contributed by atoms with E-state index >= 15 is 0 Å². The highest BCUT2D eigenvalue weighted by Gasteiger charge is 2.23. The maximum atomic E-state index is 12.4. The summed E-state index contributed by atoms with van der Waals surface area (Å²) < 4.78 is 5.59. The smallest absolute Gasteiger partial charge is 0.411 e. The van der Waals surface area contributed by atoms with Gasteiger partial charge in [0.15, 0.2) is 0 Å². The molecule has 5 nitrogen and oxygen atoms in total. The van der Waals surface area contributed by atoms with Gasteiger partial charge in [0.2, 0.25) is 5.91 Å². The van der Waals surface area contributed by atoms with Crippen molar-refractivity contribution in [2.75, 3.05) is 0 Å². The van der Waals surface area contributed by atoms with Crippen molar-refractivity contribution in [1.82, 2.24) is 5.32 Å². The van der Waals surface area contributed by atoms with Crippen LogP contribution in [0.1, 0.15) is 44.2 Å². The molecule has 0 bridgehead atoms. The van der Waals surface area contributed by atoms with E-state index in [1.54, 1.807) is 0 Å². The summed E-state index contributed by atoms with van der Waals surface area (Å²) in [5.74, 6) is -0.594. The number of hydrogen-bond donors (Lipinski definition) is 2. The Labute approximate surface area is 173 Å². The number of nitrogens with two attached hydrogens (primary N) is 1. The fourth-order valence-electron chi connectivity index (χ4n) is 3.02. The average Bonchev–Trinajstić information content (AvgIpc) is 2.67. The number of benzene rings is 2. The number of carbonyl (C=O) groups is 2. The first kappa shape index (κ1) is 22.2. The van der Waals surface area contributed by atoms with Gasteiger partial charge >= 0.3 is 6.09 Å². The molecule has 154 valence electrons. The third kappa shape index (κ3) is 9.10. The van der Waals surface area contributed by atoms with Gasteiger partial charge in [-0.25, -0.2) is 4.79 Å². The van der Waals surface area contributed by atoms with Crippen LogP contribution in [-0.2, 0) is 22.4 Å². The Morgan fingerprint density at radius 3 is 2.07 bits per heavy atom. The van der Waals surface area contributed by atoms with Gasteiger partial charge in [0.1, 0.15) is 5.60 Å². The average molecular weight is 395 g/mol. The molecule has 0 unspecified atom stereocenters. The summed E-state index contributed by atoms with van der Waals surface area (Å²) in [6.07, 6.45) is 4.32. The molecule has 0 saturated carbocycles. The highest BCUT2D eigenvalue weighted by molar-refractivity contribution is 5.87. The fraction of sp³-hybridized carbons (Fsp3) is 0.333. The minimum Gasteiger partial charge on any atom is -0.443 e. The van der Waals surface area contributed by atoms with E-state index in [-0.39, 0.29) is 0 Å². The number of amides is 2. The van der Waals surface area contributed by atoms with Crippen LogP contribution in [0.15, 0.2) is 72.4 Å². The van der Waals surface area contributed by atoms with E-state index in [1.165, 1.54) is 17.2 Å². The summed E-state index contributed by atoms with van der Waals surface area (Å²) in [5, 5.41) is 2.69. The lowest BCUT2D eigenvalue weighted by molar-refractivity contribution is -0.113. The van der Waals surface area contributed by atoms with Gasteiger partial charge < -0.3 is 10.5 Å². The predicted octanol–water partition coefficient (Wildman–Crippen LogP) is 4.52. The minimum atomic E-state index is -0.637. The molecule has 29 heavy (non-hydrogen) atoms. The summed E-state index contributed by atoms with van der Waals surface area (Å²) in [5.41, 5.74) is 7.51. The lowest BCUT2D eigenvalue weighted by atomic mass is 9.99. The van der Waals surface area contributed by atoms with Crippen LogP contribution in [0.3, 0.4) is 0 Å². The number of alkyl carbamates (subject to hydrolysis) is 1. The first-order valence-electron chi connectivity index (χ1n) is 9.92. The number of hydrogen-bond acceptors (Lipinski definition) is 3. The van der Waals surface area contributed by atoms with Gasteiger partial charge in [0, 0.05) is 11.8 Å². The number of ether oxygens (including phenoxy) is 1. The molecular weight excluding hydrogens is 364 g/mol. The van der Waals surface area contributed by atoms with Crippen LogP contribution >= 0.6 is 0 Å². The van der Waals surface area contributed by atoms with Crippen molar-refractivity contribution in [3.05, 3.63) is 83.6 Å². The number of aryl methyl sites for hydroxylation is 2. The third-order valence-electron chi connectivity index (χ3n) is 4.56. The predicted molar refractivity (Wildman–Crippen MR) is 115 cm³/mol. The summed E-state index contributed by atoms with van der Waals surface area (Å²) in [4.78, 5) is 23.7. The number of nitrogens with one attached hydrogen (secondary N) is 1. The number of primary amides is 1. The fourth-order valence-corrected chi connectivity index (χ4v) is 3.02. The van der Waals surface area contributed by atoms with Gasteiger partial charge in [-0.2, -0.15) is 0 Å². The van der Waals surface area contributed by atoms with Crippen LogP contribution in [0.25, 0.3) is 0 Å². The van der Waals surface area contributed by atoms with E-state index in [1.807, 2.05) is 50.2 Å². The molecule has 0 radical (unpaired) electrons. The number of allylic oxidation sites excluding steroid dienone is 1. The van der Waals surface area contributed by atoms with Crippen LogP contribution < -0.4 is 11.1 Å². The molecule has 0 spiro atoms. The van der Waals surface area contributed by atoms with Crippen molar-refractivity contribution in [1.29, 1.82) is 0 Å². The molecular formula is C24H30N2O3. The molecule has 5 heteroatoms. The second-order valence-corrected chi connectivity index (χ2v) is 7.67. The molecule has 0 saturated heterocycles. The number of rotatable bonds is 10. The largest absolute Gasteiger partial charge is 0.443 e. The molecule has 2 amide bonds. The van der Waals surface area contributed by atoms with Crippen molar-refractivity contribution < 1.29 is 14.3 Å². The second-order valence-electron chi connectivity index (χ2n) is 7.67. The SMILES string of the molecule is CC(C)(CCc1ccccc1)OC(=O)N/C(=C/C(N)=O)CCCc1ccccc1. The van der Waals surface area contributed by atoms with Gasteiger partial charge in [-0.15, -0.1) is 0 Å². The highest BCUT2D eigenvalue weighted by Crippen LogP contribution is 2.19. The van der Waals surface area contributed by atoms with Gasteiger partial charge in [0.25, 0.3) is 0 Å². The van der Waals surface area contributed by atoms with Crippen molar-refractivity contribution in [2.45, 2.75) is 51.6 Å². The second kappa shape index (κ2) is 11.1. The van der Waals surface area contributed by atoms with Crippen molar-refractivity contribution >= 4 is 12.0 Å². The van der Waals surface area contributed by atoms with Gasteiger partial charge in [-0.3, -0.25) is 10.1 Å². The van der Waals surface area contributed by atoms with Crippen LogP contribution in [-0.4, -0.2) is 17.6 Å². The van der Waals surface area contributed by atoms with Crippen molar-refractivity contribution in [2.24, 2.45) is 5.73 Å². The summed E-state index contributed by atoms with van der Waals surface area (Å²) >= 11 is 0. The Morgan fingerprint density at radius 1 is 0.966 bits per heavy atom. The molecule has 0 aromatic heterocycles. The summed E-state index contributed by atoms with van der Waals surface area (Å²) in [6.45, 7) is 3.75. The lowest BCUT2D eigenvalue weighted by Crippen LogP contribution is -2.35. The Kier molecular flexibility index (Phi) is 8.46. The monoisotopic (exact) mass is 394 g/mol. The zero-order valence-electron chi connectivity index (χ0n) is 17.2. The molecule has 0 atom stereocenters. The maximum Gasteiger partial charge on any atom is 0.411 e. The maximum absolute atomic E-state index is 12.4. The molecule has 0 heterocycles. The number of carbonyl (C=O) groups excluding carboxylic acids is 2. The summed E-state index contributed by atoms with van der Waals surface area (Å²) in [7, 11) is 0. The molecule has 2 aromatic carbocycles.